The lowest BCUT2D eigenvalue weighted by atomic mass is 9.94. The predicted octanol–water partition coefficient (Wildman–Crippen LogP) is 5.29. The van der Waals surface area contributed by atoms with E-state index in [1.54, 1.807) is 6.92 Å². The first-order valence-electron chi connectivity index (χ1n) is 16.5. The number of rotatable bonds is 6. The highest BCUT2D eigenvalue weighted by Crippen LogP contribution is 2.42. The van der Waals surface area contributed by atoms with Crippen molar-refractivity contribution in [3.05, 3.63) is 47.7 Å². The van der Waals surface area contributed by atoms with E-state index < -0.39 is 29.9 Å². The predicted molar refractivity (Wildman–Crippen MR) is 162 cm³/mol. The van der Waals surface area contributed by atoms with Crippen molar-refractivity contribution in [2.24, 2.45) is 0 Å². The fourth-order valence-electron chi connectivity index (χ4n) is 7.90. The largest absolute Gasteiger partial charge is 0.508 e. The number of phenolic OH excluding ortho intramolecular Hbond substituents is 1. The van der Waals surface area contributed by atoms with Gasteiger partial charge in [-0.05, 0) is 73.2 Å². The summed E-state index contributed by atoms with van der Waals surface area (Å²) >= 11 is 0. The molecule has 4 aromatic rings. The molecule has 0 radical (unpaired) electrons. The van der Waals surface area contributed by atoms with Crippen molar-refractivity contribution in [3.8, 4) is 23.0 Å². The third-order valence-electron chi connectivity index (χ3n) is 9.85. The van der Waals surface area contributed by atoms with Gasteiger partial charge in [-0.3, -0.25) is 9.88 Å². The van der Waals surface area contributed by atoms with Crippen LogP contribution >= 0.6 is 0 Å². The highest BCUT2D eigenvalue weighted by atomic mass is 19.1. The van der Waals surface area contributed by atoms with E-state index in [0.29, 0.717) is 66.4 Å². The van der Waals surface area contributed by atoms with Gasteiger partial charge in [0.1, 0.15) is 41.3 Å². The molecular weight excluding hydrogens is 569 g/mol. The molecule has 4 saturated heterocycles. The number of hydrogen-bond donors (Lipinski definition) is 2. The van der Waals surface area contributed by atoms with E-state index in [-0.39, 0.29) is 53.6 Å². The maximum absolute atomic E-state index is 16.9. The van der Waals surface area contributed by atoms with Crippen molar-refractivity contribution in [3.63, 3.8) is 0 Å². The molecule has 2 N–H and O–H groups in total. The first kappa shape index (κ1) is 25.6. The minimum Gasteiger partial charge on any atom is -0.508 e. The van der Waals surface area contributed by atoms with Gasteiger partial charge in [0, 0.05) is 49.9 Å². The lowest BCUT2D eigenvalue weighted by molar-refractivity contribution is 0.107. The molecule has 11 heteroatoms. The van der Waals surface area contributed by atoms with E-state index in [9.17, 15) is 13.9 Å². The smallest absolute Gasteiger partial charge is 0.319 e. The Morgan fingerprint density at radius 2 is 1.98 bits per heavy atom. The summed E-state index contributed by atoms with van der Waals surface area (Å²) in [6.45, 7) is 1.36. The molecule has 2 bridgehead atoms. The van der Waals surface area contributed by atoms with E-state index in [1.165, 1.54) is 30.5 Å². The summed E-state index contributed by atoms with van der Waals surface area (Å²) in [6, 6.07) is 5.83. The Morgan fingerprint density at radius 3 is 2.77 bits per heavy atom. The molecule has 0 spiro atoms. The van der Waals surface area contributed by atoms with Gasteiger partial charge in [0.25, 0.3) is 0 Å². The number of halogens is 3. The maximum atomic E-state index is 16.9. The standard InChI is InChI=1S/C33H35F3N6O2/c1-2-23-26(35)7-4-18-10-22(43)11-24(27(18)23)29-28(36)30-25(13-37-29)31(41-15-20-5-6-21(16-41)38-20)40-32(39-30)44-17-33-8-3-9-42(33)14-19(34)12-33/h4,7,10-11,13,19-21,38,43H,2-3,5-6,8-9,12,14-17H2,1H3/t19-,20-,21+,33+/m1/s1/i17D2. The second-order valence-corrected chi connectivity index (χ2v) is 12.6. The molecular formula is C33H35F3N6O2. The van der Waals surface area contributed by atoms with Crippen LogP contribution in [0.5, 0.6) is 11.8 Å². The first-order valence-corrected chi connectivity index (χ1v) is 15.5. The summed E-state index contributed by atoms with van der Waals surface area (Å²) in [4.78, 5) is 17.5. The quantitative estimate of drug-likeness (QED) is 0.307. The molecule has 8 rings (SSSR count). The van der Waals surface area contributed by atoms with Gasteiger partial charge >= 0.3 is 6.01 Å². The Bertz CT molecular complexity index is 1870. The molecule has 230 valence electrons. The molecule has 2 aromatic heterocycles. The van der Waals surface area contributed by atoms with Crippen LogP contribution in [0.1, 0.15) is 47.3 Å². The number of piperazine rings is 1. The van der Waals surface area contributed by atoms with Crippen LogP contribution in [0.4, 0.5) is 19.0 Å². The molecule has 8 nitrogen and oxygen atoms in total. The Morgan fingerprint density at radius 1 is 1.16 bits per heavy atom. The number of hydrogen-bond acceptors (Lipinski definition) is 8. The molecule has 4 aliphatic heterocycles. The van der Waals surface area contributed by atoms with Gasteiger partial charge in [0.15, 0.2) is 5.82 Å². The van der Waals surface area contributed by atoms with Crippen LogP contribution in [-0.4, -0.2) is 81.5 Å². The Balaban J connectivity index is 1.31. The number of phenols is 1. The second kappa shape index (κ2) is 10.4. The summed E-state index contributed by atoms with van der Waals surface area (Å²) in [5.41, 5.74) is -0.863. The normalized spacial score (nSPS) is 27.6. The summed E-state index contributed by atoms with van der Waals surface area (Å²) in [5.74, 6) is -1.02. The van der Waals surface area contributed by atoms with E-state index in [4.69, 9.17) is 7.48 Å². The van der Waals surface area contributed by atoms with Crippen molar-refractivity contribution < 1.29 is 25.8 Å². The van der Waals surface area contributed by atoms with E-state index in [0.717, 1.165) is 12.8 Å². The maximum Gasteiger partial charge on any atom is 0.319 e. The van der Waals surface area contributed by atoms with Gasteiger partial charge in [0.2, 0.25) is 0 Å². The van der Waals surface area contributed by atoms with Gasteiger partial charge in [-0.15, -0.1) is 0 Å². The topological polar surface area (TPSA) is 86.6 Å². The molecule has 0 aliphatic carbocycles. The number of pyridine rings is 1. The molecule has 0 amide bonds. The van der Waals surface area contributed by atoms with Crippen molar-refractivity contribution in [2.45, 2.75) is 69.2 Å². The van der Waals surface area contributed by atoms with Crippen LogP contribution in [-0.2, 0) is 6.42 Å². The number of nitrogens with one attached hydrogen (secondary N) is 1. The highest BCUT2D eigenvalue weighted by Gasteiger charge is 2.49. The van der Waals surface area contributed by atoms with Crippen molar-refractivity contribution in [1.29, 1.82) is 0 Å². The zero-order chi connectivity index (χ0) is 32.0. The summed E-state index contributed by atoms with van der Waals surface area (Å²) < 4.78 is 70.5. The molecule has 4 fully saturated rings. The summed E-state index contributed by atoms with van der Waals surface area (Å²) in [6.07, 6.45) is 3.76. The Labute approximate surface area is 256 Å². The lowest BCUT2D eigenvalue weighted by Crippen LogP contribution is -2.51. The van der Waals surface area contributed by atoms with Crippen LogP contribution in [0.25, 0.3) is 32.9 Å². The minimum atomic E-state index is -2.36. The Kier molecular flexibility index (Phi) is 6.08. The molecule has 6 heterocycles. The number of aromatic nitrogens is 3. The van der Waals surface area contributed by atoms with Crippen molar-refractivity contribution >= 4 is 27.5 Å². The zero-order valence-corrected chi connectivity index (χ0v) is 24.4. The molecule has 0 saturated carbocycles. The number of aryl methyl sites for hydroxylation is 1. The summed E-state index contributed by atoms with van der Waals surface area (Å²) in [5, 5.41) is 15.4. The van der Waals surface area contributed by atoms with Gasteiger partial charge in [0.05, 0.1) is 13.7 Å². The van der Waals surface area contributed by atoms with E-state index in [2.05, 4.69) is 20.3 Å². The molecule has 4 atom stereocenters. The number of nitrogens with zero attached hydrogens (tertiary/aromatic N) is 5. The van der Waals surface area contributed by atoms with Crippen LogP contribution < -0.4 is 15.0 Å². The van der Waals surface area contributed by atoms with E-state index in [1.807, 2.05) is 9.80 Å². The van der Waals surface area contributed by atoms with Crippen LogP contribution in [0.3, 0.4) is 0 Å². The number of benzene rings is 2. The first-order chi connectivity index (χ1) is 22.1. The van der Waals surface area contributed by atoms with Gasteiger partial charge < -0.3 is 20.1 Å². The number of ether oxygens (including phenoxy) is 1. The average molecular weight is 607 g/mol. The van der Waals surface area contributed by atoms with Crippen LogP contribution in [0, 0.1) is 11.6 Å². The van der Waals surface area contributed by atoms with Crippen LogP contribution in [0.2, 0.25) is 0 Å². The second-order valence-electron chi connectivity index (χ2n) is 12.6. The fraction of sp³-hybridized carbons (Fsp3) is 0.485. The number of anilines is 1. The SMILES string of the molecule is [2H]C([2H])(Oc1nc(N2C[C@H]3CC[C@@H](C2)N3)c2cnc(-c3cc(O)cc4ccc(F)c(CC)c34)c(F)c2n1)[C@@]12CCCN1C[C@H](F)C2. The fourth-order valence-corrected chi connectivity index (χ4v) is 7.90. The molecule has 0 unspecified atom stereocenters. The van der Waals surface area contributed by atoms with Gasteiger partial charge in [-0.2, -0.15) is 9.97 Å². The minimum absolute atomic E-state index is 0.00901. The van der Waals surface area contributed by atoms with Crippen molar-refractivity contribution in [2.75, 3.05) is 37.6 Å². The third kappa shape index (κ3) is 4.46. The third-order valence-corrected chi connectivity index (χ3v) is 9.85. The lowest BCUT2D eigenvalue weighted by Gasteiger charge is -2.34. The number of alkyl halides is 1. The highest BCUT2D eigenvalue weighted by molar-refractivity contribution is 6.01. The van der Waals surface area contributed by atoms with Gasteiger partial charge in [-0.1, -0.05) is 13.0 Å². The monoisotopic (exact) mass is 606 g/mol. The Hall–Kier alpha value is -3.70. The molecule has 2 aromatic carbocycles. The van der Waals surface area contributed by atoms with E-state index >= 15 is 4.39 Å². The number of fused-ring (bicyclic) bond motifs is 5. The average Bonchev–Trinajstić information content (AvgIpc) is 3.68. The zero-order valence-electron chi connectivity index (χ0n) is 26.4. The number of aromatic hydroxyl groups is 1. The van der Waals surface area contributed by atoms with Crippen molar-refractivity contribution in [1.82, 2.24) is 25.2 Å². The van der Waals surface area contributed by atoms with Gasteiger partial charge in [-0.25, -0.2) is 13.2 Å². The molecule has 4 aliphatic rings. The summed E-state index contributed by atoms with van der Waals surface area (Å²) in [7, 11) is 0. The molecule has 44 heavy (non-hydrogen) atoms. The van der Waals surface area contributed by atoms with Crippen LogP contribution in [0.15, 0.2) is 30.5 Å².